The highest BCUT2D eigenvalue weighted by molar-refractivity contribution is 5.76. The predicted octanol–water partition coefficient (Wildman–Crippen LogP) is 3.48. The van der Waals surface area contributed by atoms with Gasteiger partial charge in [0.25, 0.3) is 0 Å². The predicted molar refractivity (Wildman–Crippen MR) is 95.0 cm³/mol. The quantitative estimate of drug-likeness (QED) is 0.748. The molecule has 0 saturated carbocycles. The van der Waals surface area contributed by atoms with Gasteiger partial charge in [0.15, 0.2) is 5.82 Å². The molecule has 3 rings (SSSR count). The third kappa shape index (κ3) is 3.08. The average molecular weight is 330 g/mol. The van der Waals surface area contributed by atoms with Crippen LogP contribution in [0.5, 0.6) is 0 Å². The molecule has 0 spiro atoms. The zero-order chi connectivity index (χ0) is 18.0. The smallest absolute Gasteiger partial charge is 0.153 e. The molecule has 0 aliphatic heterocycles. The third-order valence-corrected chi connectivity index (χ3v) is 4.06. The number of nitrogen functional groups attached to an aromatic ring is 1. The van der Waals surface area contributed by atoms with Crippen LogP contribution in [0.1, 0.15) is 22.4 Å². The molecule has 0 amide bonds. The lowest BCUT2D eigenvalue weighted by Crippen LogP contribution is -2.04. The number of halogens is 1. The van der Waals surface area contributed by atoms with Gasteiger partial charge >= 0.3 is 0 Å². The highest BCUT2D eigenvalue weighted by Crippen LogP contribution is 2.30. The van der Waals surface area contributed by atoms with Crippen LogP contribution < -0.4 is 5.73 Å². The number of hydrogen-bond acceptors (Lipinski definition) is 3. The normalized spacial score (nSPS) is 10.2. The van der Waals surface area contributed by atoms with Gasteiger partial charge in [-0.3, -0.25) is 4.68 Å². The monoisotopic (exact) mass is 330 g/mol. The van der Waals surface area contributed by atoms with Gasteiger partial charge in [-0.05, 0) is 42.3 Å². The summed E-state index contributed by atoms with van der Waals surface area (Å²) in [5.74, 6) is 2.33. The lowest BCUT2D eigenvalue weighted by molar-refractivity contribution is 0.624. The van der Waals surface area contributed by atoms with Gasteiger partial charge < -0.3 is 5.73 Å². The van der Waals surface area contributed by atoms with Crippen molar-refractivity contribution < 1.29 is 4.39 Å². The van der Waals surface area contributed by atoms with Crippen molar-refractivity contribution in [3.63, 3.8) is 0 Å². The van der Waals surface area contributed by atoms with E-state index in [1.807, 2.05) is 37.3 Å². The number of nitrogens with zero attached hydrogens (tertiary/aromatic N) is 3. The van der Waals surface area contributed by atoms with Crippen LogP contribution in [0.3, 0.4) is 0 Å². The Labute approximate surface area is 145 Å². The van der Waals surface area contributed by atoms with Crippen LogP contribution in [0, 0.1) is 36.4 Å². The standard InChI is InChI=1S/C20H15FN4/c1-3-14-4-6-15(7-5-14)12-25-13(2)19(20(23)24-25)16-8-9-17(11-22)18(21)10-16/h1,4-10H,12H2,2H3,(H2,23,24). The average Bonchev–Trinajstić information content (AvgIpc) is 2.89. The highest BCUT2D eigenvalue weighted by atomic mass is 19.1. The first-order valence-corrected chi connectivity index (χ1v) is 7.62. The second-order valence-corrected chi connectivity index (χ2v) is 5.65. The molecule has 1 heterocycles. The molecule has 2 aromatic carbocycles. The van der Waals surface area contributed by atoms with Crippen LogP contribution >= 0.6 is 0 Å². The zero-order valence-corrected chi connectivity index (χ0v) is 13.6. The van der Waals surface area contributed by atoms with E-state index in [-0.39, 0.29) is 5.56 Å². The minimum Gasteiger partial charge on any atom is -0.382 e. The van der Waals surface area contributed by atoms with Gasteiger partial charge in [0, 0.05) is 16.8 Å². The maximum Gasteiger partial charge on any atom is 0.153 e. The third-order valence-electron chi connectivity index (χ3n) is 4.06. The number of benzene rings is 2. The summed E-state index contributed by atoms with van der Waals surface area (Å²) < 4.78 is 15.7. The zero-order valence-electron chi connectivity index (χ0n) is 13.6. The first kappa shape index (κ1) is 16.3. The minimum atomic E-state index is -0.573. The summed E-state index contributed by atoms with van der Waals surface area (Å²) in [6.45, 7) is 2.41. The van der Waals surface area contributed by atoms with Gasteiger partial charge in [0.05, 0.1) is 12.1 Å². The van der Waals surface area contributed by atoms with Gasteiger partial charge in [-0.25, -0.2) is 4.39 Å². The van der Waals surface area contributed by atoms with Crippen molar-refractivity contribution in [2.24, 2.45) is 0 Å². The Morgan fingerprint density at radius 1 is 1.24 bits per heavy atom. The topological polar surface area (TPSA) is 67.6 Å². The van der Waals surface area contributed by atoms with Crippen molar-refractivity contribution in [2.45, 2.75) is 13.5 Å². The number of aromatic nitrogens is 2. The molecule has 0 atom stereocenters. The molecule has 2 N–H and O–H groups in total. The largest absolute Gasteiger partial charge is 0.382 e. The molecule has 122 valence electrons. The highest BCUT2D eigenvalue weighted by Gasteiger charge is 2.16. The maximum atomic E-state index is 13.9. The molecule has 25 heavy (non-hydrogen) atoms. The molecule has 5 heteroatoms. The second kappa shape index (κ2) is 6.51. The summed E-state index contributed by atoms with van der Waals surface area (Å²) in [5.41, 5.74) is 9.98. The fourth-order valence-electron chi connectivity index (χ4n) is 2.72. The van der Waals surface area contributed by atoms with Crippen molar-refractivity contribution in [2.75, 3.05) is 5.73 Å². The molecule has 0 fully saturated rings. The van der Waals surface area contributed by atoms with Gasteiger partial charge in [-0.2, -0.15) is 10.4 Å². The van der Waals surface area contributed by atoms with E-state index in [0.717, 1.165) is 16.8 Å². The van der Waals surface area contributed by atoms with Crippen molar-refractivity contribution in [3.05, 3.63) is 70.7 Å². The van der Waals surface area contributed by atoms with E-state index in [1.165, 1.54) is 12.1 Å². The summed E-state index contributed by atoms with van der Waals surface area (Å²) in [6, 6.07) is 13.9. The molecule has 0 saturated heterocycles. The van der Waals surface area contributed by atoms with Gasteiger partial charge in [-0.1, -0.05) is 24.1 Å². The van der Waals surface area contributed by atoms with Gasteiger partial charge in [0.2, 0.25) is 0 Å². The number of anilines is 1. The summed E-state index contributed by atoms with van der Waals surface area (Å²) >= 11 is 0. The molecular weight excluding hydrogens is 315 g/mol. The maximum absolute atomic E-state index is 13.9. The molecule has 0 aliphatic carbocycles. The van der Waals surface area contributed by atoms with E-state index < -0.39 is 5.82 Å². The van der Waals surface area contributed by atoms with Crippen LogP contribution in [0.4, 0.5) is 10.2 Å². The summed E-state index contributed by atoms with van der Waals surface area (Å²) in [6.07, 6.45) is 5.36. The minimum absolute atomic E-state index is 0.000897. The number of rotatable bonds is 3. The summed E-state index contributed by atoms with van der Waals surface area (Å²) in [7, 11) is 0. The van der Waals surface area contributed by atoms with E-state index in [4.69, 9.17) is 17.4 Å². The Morgan fingerprint density at radius 2 is 1.96 bits per heavy atom. The molecule has 0 aliphatic rings. The van der Waals surface area contributed by atoms with Gasteiger partial charge in [-0.15, -0.1) is 6.42 Å². The van der Waals surface area contributed by atoms with Crippen molar-refractivity contribution in [3.8, 4) is 29.5 Å². The molecule has 4 nitrogen and oxygen atoms in total. The van der Waals surface area contributed by atoms with Crippen LogP contribution in [-0.4, -0.2) is 9.78 Å². The molecule has 0 radical (unpaired) electrons. The first-order valence-electron chi connectivity index (χ1n) is 7.62. The Kier molecular flexibility index (Phi) is 4.24. The Balaban J connectivity index is 1.97. The van der Waals surface area contributed by atoms with E-state index in [1.54, 1.807) is 10.7 Å². The summed E-state index contributed by atoms with van der Waals surface area (Å²) in [5, 5.41) is 13.2. The fourth-order valence-corrected chi connectivity index (χ4v) is 2.72. The number of hydrogen-bond donors (Lipinski definition) is 1. The molecular formula is C20H15FN4. The Hall–Kier alpha value is -3.57. The van der Waals surface area contributed by atoms with Crippen LogP contribution in [0.2, 0.25) is 0 Å². The van der Waals surface area contributed by atoms with E-state index >= 15 is 0 Å². The van der Waals surface area contributed by atoms with E-state index in [0.29, 0.717) is 23.5 Å². The first-order chi connectivity index (χ1) is 12.0. The van der Waals surface area contributed by atoms with Crippen LogP contribution in [0.15, 0.2) is 42.5 Å². The molecule has 0 bridgehead atoms. The van der Waals surface area contributed by atoms with Crippen LogP contribution in [-0.2, 0) is 6.54 Å². The van der Waals surface area contributed by atoms with Crippen molar-refractivity contribution >= 4 is 5.82 Å². The van der Waals surface area contributed by atoms with E-state index in [2.05, 4.69) is 11.0 Å². The molecule has 1 aromatic heterocycles. The van der Waals surface area contributed by atoms with E-state index in [9.17, 15) is 4.39 Å². The number of nitriles is 1. The van der Waals surface area contributed by atoms with Crippen molar-refractivity contribution in [1.29, 1.82) is 5.26 Å². The number of nitrogens with two attached hydrogens (primary N) is 1. The number of terminal acetylenes is 1. The van der Waals surface area contributed by atoms with Gasteiger partial charge in [0.1, 0.15) is 11.9 Å². The SMILES string of the molecule is C#Cc1ccc(Cn2nc(N)c(-c3ccc(C#N)c(F)c3)c2C)cc1. The lowest BCUT2D eigenvalue weighted by Gasteiger charge is -2.06. The lowest BCUT2D eigenvalue weighted by atomic mass is 10.0. The Morgan fingerprint density at radius 3 is 2.56 bits per heavy atom. The fraction of sp³-hybridized carbons (Fsp3) is 0.100. The van der Waals surface area contributed by atoms with Crippen LogP contribution in [0.25, 0.3) is 11.1 Å². The molecule has 3 aromatic rings. The summed E-state index contributed by atoms with van der Waals surface area (Å²) in [4.78, 5) is 0. The van der Waals surface area contributed by atoms with Crippen molar-refractivity contribution in [1.82, 2.24) is 9.78 Å². The molecule has 0 unspecified atom stereocenters. The second-order valence-electron chi connectivity index (χ2n) is 5.65. The Bertz CT molecular complexity index is 1020.